The summed E-state index contributed by atoms with van der Waals surface area (Å²) in [5.74, 6) is 1.01. The van der Waals surface area contributed by atoms with E-state index in [0.717, 1.165) is 12.1 Å². The molecule has 0 fully saturated rings. The zero-order valence-corrected chi connectivity index (χ0v) is 9.81. The van der Waals surface area contributed by atoms with Crippen molar-refractivity contribution >= 4 is 0 Å². The van der Waals surface area contributed by atoms with Crippen LogP contribution in [0.3, 0.4) is 0 Å². The molecule has 0 amide bonds. The van der Waals surface area contributed by atoms with Gasteiger partial charge in [0.1, 0.15) is 17.7 Å². The summed E-state index contributed by atoms with van der Waals surface area (Å²) in [5.41, 5.74) is 0.537. The summed E-state index contributed by atoms with van der Waals surface area (Å²) >= 11 is 0. The molecule has 96 valence electrons. The Morgan fingerprint density at radius 1 is 1.11 bits per heavy atom. The molecule has 0 saturated heterocycles. The lowest BCUT2D eigenvalue weighted by atomic mass is 10.1. The smallest absolute Gasteiger partial charge is 0.168 e. The van der Waals surface area contributed by atoms with Crippen LogP contribution in [0.5, 0.6) is 11.5 Å². The third-order valence-corrected chi connectivity index (χ3v) is 2.48. The largest absolute Gasteiger partial charge is 0.454 e. The molecule has 2 aromatic rings. The fourth-order valence-electron chi connectivity index (χ4n) is 1.50. The second kappa shape index (κ2) is 5.51. The first-order valence-corrected chi connectivity index (χ1v) is 5.47. The average Bonchev–Trinajstić information content (AvgIpc) is 2.42. The second-order valence-electron chi connectivity index (χ2n) is 3.82. The molecule has 19 heavy (non-hydrogen) atoms. The molecule has 1 N–H and O–H groups in total. The standard InChI is InChI=1S/C15H10F2O2/c1-2-14(18)10-3-6-12(7-4-10)19-15-8-5-11(16)9-13(15)17/h1,3-9,14,18H. The molecule has 0 spiro atoms. The van der Waals surface area contributed by atoms with Crippen LogP contribution in [0.1, 0.15) is 11.7 Å². The highest BCUT2D eigenvalue weighted by Gasteiger charge is 2.07. The van der Waals surface area contributed by atoms with Crippen molar-refractivity contribution in [1.29, 1.82) is 0 Å². The van der Waals surface area contributed by atoms with Crippen LogP contribution in [0, 0.1) is 24.0 Å². The Kier molecular flexibility index (Phi) is 3.79. The summed E-state index contributed by atoms with van der Waals surface area (Å²) in [6, 6.07) is 9.27. The highest BCUT2D eigenvalue weighted by Crippen LogP contribution is 2.26. The monoisotopic (exact) mass is 260 g/mol. The lowest BCUT2D eigenvalue weighted by molar-refractivity contribution is 0.238. The minimum Gasteiger partial charge on any atom is -0.454 e. The predicted molar refractivity (Wildman–Crippen MR) is 66.7 cm³/mol. The second-order valence-corrected chi connectivity index (χ2v) is 3.82. The number of aliphatic hydroxyl groups excluding tert-OH is 1. The molecule has 0 heterocycles. The molecule has 0 aromatic heterocycles. The Labute approximate surface area is 109 Å². The minimum absolute atomic E-state index is 0.0772. The molecular formula is C15H10F2O2. The number of hydrogen-bond donors (Lipinski definition) is 1. The van der Waals surface area contributed by atoms with Gasteiger partial charge in [-0.15, -0.1) is 6.42 Å². The molecule has 2 aromatic carbocycles. The van der Waals surface area contributed by atoms with Crippen molar-refractivity contribution in [3.8, 4) is 23.8 Å². The van der Waals surface area contributed by atoms with E-state index in [4.69, 9.17) is 11.2 Å². The Hall–Kier alpha value is -2.38. The molecule has 2 rings (SSSR count). The van der Waals surface area contributed by atoms with Crippen LogP contribution in [0.2, 0.25) is 0 Å². The highest BCUT2D eigenvalue weighted by molar-refractivity contribution is 5.35. The number of benzene rings is 2. The molecule has 0 saturated carbocycles. The Morgan fingerprint density at radius 2 is 1.79 bits per heavy atom. The van der Waals surface area contributed by atoms with E-state index < -0.39 is 17.7 Å². The number of terminal acetylenes is 1. The van der Waals surface area contributed by atoms with Crippen LogP contribution < -0.4 is 4.74 Å². The zero-order valence-electron chi connectivity index (χ0n) is 9.81. The van der Waals surface area contributed by atoms with Gasteiger partial charge in [0.25, 0.3) is 0 Å². The summed E-state index contributed by atoms with van der Waals surface area (Å²) in [7, 11) is 0. The van der Waals surface area contributed by atoms with E-state index in [9.17, 15) is 13.9 Å². The van der Waals surface area contributed by atoms with Crippen molar-refractivity contribution in [2.45, 2.75) is 6.10 Å². The van der Waals surface area contributed by atoms with E-state index in [0.29, 0.717) is 11.3 Å². The summed E-state index contributed by atoms with van der Waals surface area (Å²) < 4.78 is 31.3. The van der Waals surface area contributed by atoms with Gasteiger partial charge >= 0.3 is 0 Å². The lowest BCUT2D eigenvalue weighted by Crippen LogP contribution is -1.94. The molecule has 0 aliphatic carbocycles. The first kappa shape index (κ1) is 13.1. The van der Waals surface area contributed by atoms with Gasteiger partial charge in [-0.05, 0) is 29.8 Å². The van der Waals surface area contributed by atoms with E-state index in [2.05, 4.69) is 5.92 Å². The zero-order chi connectivity index (χ0) is 13.8. The van der Waals surface area contributed by atoms with Crippen LogP contribution >= 0.6 is 0 Å². The summed E-state index contributed by atoms with van der Waals surface area (Å²) in [5, 5.41) is 9.41. The van der Waals surface area contributed by atoms with Crippen LogP contribution in [-0.2, 0) is 0 Å². The highest BCUT2D eigenvalue weighted by atomic mass is 19.1. The van der Waals surface area contributed by atoms with Crippen molar-refractivity contribution in [3.05, 3.63) is 59.7 Å². The molecule has 2 nitrogen and oxygen atoms in total. The average molecular weight is 260 g/mol. The van der Waals surface area contributed by atoms with Crippen LogP contribution in [0.4, 0.5) is 8.78 Å². The van der Waals surface area contributed by atoms with Gasteiger partial charge in [-0.3, -0.25) is 0 Å². The fraction of sp³-hybridized carbons (Fsp3) is 0.0667. The summed E-state index contributed by atoms with van der Waals surface area (Å²) in [6.45, 7) is 0. The number of aliphatic hydroxyl groups is 1. The Morgan fingerprint density at radius 3 is 2.37 bits per heavy atom. The molecule has 0 bridgehead atoms. The predicted octanol–water partition coefficient (Wildman–Crippen LogP) is 3.42. The van der Waals surface area contributed by atoms with Crippen LogP contribution in [0.15, 0.2) is 42.5 Å². The number of halogens is 2. The van der Waals surface area contributed by atoms with Crippen molar-refractivity contribution in [2.24, 2.45) is 0 Å². The van der Waals surface area contributed by atoms with Crippen molar-refractivity contribution in [2.75, 3.05) is 0 Å². The molecule has 0 aliphatic rings. The first-order valence-electron chi connectivity index (χ1n) is 5.47. The molecule has 4 heteroatoms. The van der Waals surface area contributed by atoms with Gasteiger partial charge in [-0.2, -0.15) is 0 Å². The topological polar surface area (TPSA) is 29.5 Å². The third kappa shape index (κ3) is 3.09. The maximum absolute atomic E-state index is 13.4. The maximum atomic E-state index is 13.4. The van der Waals surface area contributed by atoms with Gasteiger partial charge in [-0.1, -0.05) is 18.1 Å². The van der Waals surface area contributed by atoms with Gasteiger partial charge in [0.05, 0.1) is 0 Å². The van der Waals surface area contributed by atoms with Crippen molar-refractivity contribution < 1.29 is 18.6 Å². The normalized spacial score (nSPS) is 11.7. The number of hydrogen-bond acceptors (Lipinski definition) is 2. The first-order chi connectivity index (χ1) is 9.10. The Bertz CT molecular complexity index is 615. The molecule has 1 atom stereocenters. The van der Waals surface area contributed by atoms with Crippen molar-refractivity contribution in [1.82, 2.24) is 0 Å². The Balaban J connectivity index is 2.18. The maximum Gasteiger partial charge on any atom is 0.168 e. The number of ether oxygens (including phenoxy) is 1. The van der Waals surface area contributed by atoms with Gasteiger partial charge < -0.3 is 9.84 Å². The van der Waals surface area contributed by atoms with E-state index >= 15 is 0 Å². The quantitative estimate of drug-likeness (QED) is 0.857. The molecule has 0 aliphatic heterocycles. The lowest BCUT2D eigenvalue weighted by Gasteiger charge is -2.08. The minimum atomic E-state index is -0.989. The van der Waals surface area contributed by atoms with E-state index in [-0.39, 0.29) is 5.75 Å². The molecule has 0 radical (unpaired) electrons. The van der Waals surface area contributed by atoms with Crippen LogP contribution in [-0.4, -0.2) is 5.11 Å². The summed E-state index contributed by atoms with van der Waals surface area (Å²) in [4.78, 5) is 0. The SMILES string of the molecule is C#CC(O)c1ccc(Oc2ccc(F)cc2F)cc1. The third-order valence-electron chi connectivity index (χ3n) is 2.48. The van der Waals surface area contributed by atoms with Crippen molar-refractivity contribution in [3.63, 3.8) is 0 Å². The fourth-order valence-corrected chi connectivity index (χ4v) is 1.50. The van der Waals surface area contributed by atoms with Crippen LogP contribution in [0.25, 0.3) is 0 Å². The van der Waals surface area contributed by atoms with E-state index in [1.807, 2.05) is 0 Å². The van der Waals surface area contributed by atoms with E-state index in [1.54, 1.807) is 24.3 Å². The molecule has 1 unspecified atom stereocenters. The van der Waals surface area contributed by atoms with Gasteiger partial charge in [0.15, 0.2) is 11.6 Å². The molecular weight excluding hydrogens is 250 g/mol. The van der Waals surface area contributed by atoms with Gasteiger partial charge in [0, 0.05) is 6.07 Å². The van der Waals surface area contributed by atoms with Gasteiger partial charge in [-0.25, -0.2) is 8.78 Å². The summed E-state index contributed by atoms with van der Waals surface area (Å²) in [6.07, 6.45) is 4.09. The van der Waals surface area contributed by atoms with Gasteiger partial charge in [0.2, 0.25) is 0 Å². The number of rotatable bonds is 3. The van der Waals surface area contributed by atoms with E-state index in [1.165, 1.54) is 6.07 Å².